The Morgan fingerprint density at radius 1 is 1.08 bits per heavy atom. The average molecular weight is 557 g/mol. The maximum absolute atomic E-state index is 13.0. The fourth-order valence-electron chi connectivity index (χ4n) is 4.57. The van der Waals surface area contributed by atoms with E-state index >= 15 is 0 Å². The molecule has 6 nitrogen and oxygen atoms in total. The number of rotatable bonds is 3. The van der Waals surface area contributed by atoms with Crippen molar-refractivity contribution in [1.82, 2.24) is 0 Å². The van der Waals surface area contributed by atoms with Gasteiger partial charge in [-0.3, -0.25) is 0 Å². The fourth-order valence-corrected chi connectivity index (χ4v) is 4.91. The molecule has 0 radical (unpaired) electrons. The van der Waals surface area contributed by atoms with Crippen LogP contribution in [0.15, 0.2) is 81.0 Å². The van der Waals surface area contributed by atoms with Crippen molar-refractivity contribution in [3.63, 3.8) is 0 Å². The molecule has 1 unspecified atom stereocenters. The summed E-state index contributed by atoms with van der Waals surface area (Å²) in [7, 11) is 0. The molecule has 0 amide bonds. The highest BCUT2D eigenvalue weighted by molar-refractivity contribution is 9.10. The van der Waals surface area contributed by atoms with Crippen LogP contribution in [0.5, 0.6) is 11.5 Å². The molecule has 1 aliphatic rings. The minimum absolute atomic E-state index is 0.00646. The summed E-state index contributed by atoms with van der Waals surface area (Å²) in [5.74, 6) is -0.145. The van der Waals surface area contributed by atoms with Gasteiger partial charge in [0.1, 0.15) is 28.7 Å². The van der Waals surface area contributed by atoms with Crippen molar-refractivity contribution in [1.29, 1.82) is 5.26 Å². The van der Waals surface area contributed by atoms with E-state index in [0.717, 1.165) is 21.0 Å². The zero-order chi connectivity index (χ0) is 26.5. The van der Waals surface area contributed by atoms with Crippen LogP contribution in [0.25, 0.3) is 11.0 Å². The number of aryl methyl sites for hydroxylation is 1. The number of furan rings is 1. The van der Waals surface area contributed by atoms with Gasteiger partial charge in [0.15, 0.2) is 0 Å². The van der Waals surface area contributed by atoms with Gasteiger partial charge in [-0.25, -0.2) is 4.79 Å². The Balaban J connectivity index is 1.48. The Morgan fingerprint density at radius 3 is 2.49 bits per heavy atom. The van der Waals surface area contributed by atoms with E-state index < -0.39 is 11.9 Å². The van der Waals surface area contributed by atoms with Gasteiger partial charge < -0.3 is 19.6 Å². The summed E-state index contributed by atoms with van der Waals surface area (Å²) in [6, 6.07) is 21.1. The molecular weight excluding hydrogens is 532 g/mol. The van der Waals surface area contributed by atoms with Crippen LogP contribution in [0.4, 0.5) is 0 Å². The zero-order valence-corrected chi connectivity index (χ0v) is 22.5. The predicted octanol–water partition coefficient (Wildman–Crippen LogP) is 7.24. The summed E-state index contributed by atoms with van der Waals surface area (Å²) in [6.07, 6.45) is 0. The van der Waals surface area contributed by atoms with E-state index in [0.29, 0.717) is 22.5 Å². The van der Waals surface area contributed by atoms with E-state index in [4.69, 9.17) is 19.6 Å². The molecular formula is C30H25BrN2O4. The number of carbonyl (C=O) groups is 1. The van der Waals surface area contributed by atoms with Crippen LogP contribution in [0.3, 0.4) is 0 Å². The van der Waals surface area contributed by atoms with Crippen LogP contribution < -0.4 is 15.2 Å². The van der Waals surface area contributed by atoms with Crippen LogP contribution in [0.1, 0.15) is 59.5 Å². The molecule has 0 bridgehead atoms. The van der Waals surface area contributed by atoms with E-state index in [2.05, 4.69) is 54.9 Å². The van der Waals surface area contributed by atoms with E-state index in [9.17, 15) is 10.1 Å². The molecule has 0 aliphatic carbocycles. The maximum Gasteiger partial charge on any atom is 0.379 e. The Labute approximate surface area is 223 Å². The lowest BCUT2D eigenvalue weighted by molar-refractivity contribution is 0.0702. The third kappa shape index (κ3) is 4.49. The van der Waals surface area contributed by atoms with E-state index in [1.54, 1.807) is 18.2 Å². The fraction of sp³-hybridized carbons (Fsp3) is 0.200. The lowest BCUT2D eigenvalue weighted by Gasteiger charge is -2.27. The molecule has 186 valence electrons. The molecule has 1 atom stereocenters. The topological polar surface area (TPSA) is 98.5 Å². The number of carbonyl (C=O) groups excluding carboxylic acids is 1. The van der Waals surface area contributed by atoms with Crippen molar-refractivity contribution in [2.45, 2.75) is 39.0 Å². The molecule has 37 heavy (non-hydrogen) atoms. The predicted molar refractivity (Wildman–Crippen MR) is 144 cm³/mol. The number of fused-ring (bicyclic) bond motifs is 2. The van der Waals surface area contributed by atoms with E-state index in [1.807, 2.05) is 37.3 Å². The highest BCUT2D eigenvalue weighted by Gasteiger charge is 2.31. The van der Waals surface area contributed by atoms with Gasteiger partial charge in [-0.05, 0) is 47.7 Å². The van der Waals surface area contributed by atoms with Crippen molar-refractivity contribution in [2.24, 2.45) is 5.73 Å². The summed E-state index contributed by atoms with van der Waals surface area (Å²) in [5.41, 5.74) is 10.7. The molecule has 0 fully saturated rings. The lowest BCUT2D eigenvalue weighted by Crippen LogP contribution is -2.21. The molecule has 1 aromatic heterocycles. The summed E-state index contributed by atoms with van der Waals surface area (Å²) in [6.45, 7) is 8.27. The second kappa shape index (κ2) is 9.13. The first-order chi connectivity index (χ1) is 17.6. The van der Waals surface area contributed by atoms with Crippen molar-refractivity contribution in [2.75, 3.05) is 0 Å². The van der Waals surface area contributed by atoms with Gasteiger partial charge in [0.25, 0.3) is 0 Å². The number of ether oxygens (including phenoxy) is 2. The second-order valence-electron chi connectivity index (χ2n) is 10.1. The van der Waals surface area contributed by atoms with E-state index in [-0.39, 0.29) is 22.8 Å². The zero-order valence-electron chi connectivity index (χ0n) is 20.9. The lowest BCUT2D eigenvalue weighted by atomic mass is 9.81. The Hall–Kier alpha value is -4.02. The Bertz CT molecular complexity index is 1620. The Kier molecular flexibility index (Phi) is 6.09. The van der Waals surface area contributed by atoms with Crippen LogP contribution in [-0.4, -0.2) is 5.97 Å². The molecule has 0 saturated carbocycles. The number of hydrogen-bond acceptors (Lipinski definition) is 6. The van der Waals surface area contributed by atoms with Crippen LogP contribution in [0.2, 0.25) is 0 Å². The first-order valence-electron chi connectivity index (χ1n) is 11.8. The minimum atomic E-state index is -0.615. The highest BCUT2D eigenvalue weighted by Crippen LogP contribution is 2.44. The molecule has 0 saturated heterocycles. The summed E-state index contributed by atoms with van der Waals surface area (Å²) in [5, 5.41) is 10.7. The summed E-state index contributed by atoms with van der Waals surface area (Å²) < 4.78 is 18.1. The van der Waals surface area contributed by atoms with Crippen LogP contribution in [0, 0.1) is 18.3 Å². The van der Waals surface area contributed by atoms with E-state index in [1.165, 1.54) is 5.56 Å². The van der Waals surface area contributed by atoms with Gasteiger partial charge in [0, 0.05) is 27.1 Å². The van der Waals surface area contributed by atoms with Gasteiger partial charge in [-0.15, -0.1) is 0 Å². The van der Waals surface area contributed by atoms with Crippen molar-refractivity contribution >= 4 is 32.9 Å². The average Bonchev–Trinajstić information content (AvgIpc) is 3.18. The quantitative estimate of drug-likeness (QED) is 0.211. The molecule has 5 rings (SSSR count). The number of nitrogens with zero attached hydrogens (tertiary/aromatic N) is 1. The van der Waals surface area contributed by atoms with Crippen molar-refractivity contribution < 1.29 is 18.7 Å². The smallest absolute Gasteiger partial charge is 0.379 e. The molecule has 0 spiro atoms. The van der Waals surface area contributed by atoms with Gasteiger partial charge >= 0.3 is 5.97 Å². The Morgan fingerprint density at radius 2 is 1.81 bits per heavy atom. The van der Waals surface area contributed by atoms with Gasteiger partial charge in [0.2, 0.25) is 11.6 Å². The largest absolute Gasteiger partial charge is 0.449 e. The maximum atomic E-state index is 13.0. The third-order valence-electron chi connectivity index (χ3n) is 6.60. The standard InChI is InChI=1S/C30H25BrN2O4/c1-16-21-11-9-19(31)13-24(21)36-27(16)29(34)35-20-10-12-22-25(14-20)37-28(33)23(15-32)26(22)17-5-7-18(8-6-17)30(2,3)4/h5-14,26H,33H2,1-4H3. The van der Waals surface area contributed by atoms with Gasteiger partial charge in [-0.2, -0.15) is 5.26 Å². The molecule has 2 N–H and O–H groups in total. The first kappa shape index (κ1) is 24.7. The molecule has 1 aliphatic heterocycles. The number of esters is 1. The number of hydrogen-bond donors (Lipinski definition) is 1. The minimum Gasteiger partial charge on any atom is -0.449 e. The normalized spacial score (nSPS) is 15.2. The van der Waals surface area contributed by atoms with Gasteiger partial charge in [-0.1, -0.05) is 67.0 Å². The van der Waals surface area contributed by atoms with Gasteiger partial charge in [0.05, 0.1) is 5.92 Å². The number of halogens is 1. The van der Waals surface area contributed by atoms with Crippen LogP contribution >= 0.6 is 15.9 Å². The number of benzene rings is 3. The highest BCUT2D eigenvalue weighted by atomic mass is 79.9. The molecule has 3 aromatic carbocycles. The third-order valence-corrected chi connectivity index (χ3v) is 7.09. The SMILES string of the molecule is Cc1c(C(=O)Oc2ccc3c(c2)OC(N)=C(C#N)C3c2ccc(C(C)(C)C)cc2)oc2cc(Br)ccc12. The van der Waals surface area contributed by atoms with Crippen molar-refractivity contribution in [3.8, 4) is 17.6 Å². The molecule has 4 aromatic rings. The summed E-state index contributed by atoms with van der Waals surface area (Å²) >= 11 is 3.42. The number of allylic oxidation sites excluding steroid dienone is 1. The molecule has 7 heteroatoms. The second-order valence-corrected chi connectivity index (χ2v) is 11.0. The van der Waals surface area contributed by atoms with Crippen molar-refractivity contribution in [3.05, 3.63) is 105 Å². The summed E-state index contributed by atoms with van der Waals surface area (Å²) in [4.78, 5) is 13.0. The first-order valence-corrected chi connectivity index (χ1v) is 12.6. The number of nitriles is 1. The molecule has 2 heterocycles. The number of nitrogens with two attached hydrogens (primary N) is 1. The van der Waals surface area contributed by atoms with Crippen LogP contribution in [-0.2, 0) is 5.41 Å². The monoisotopic (exact) mass is 556 g/mol.